The van der Waals surface area contributed by atoms with Crippen LogP contribution in [0.1, 0.15) is 12.2 Å². The Morgan fingerprint density at radius 3 is 2.65 bits per heavy atom. The Morgan fingerprint density at radius 2 is 2.05 bits per heavy atom. The number of rotatable bonds is 7. The van der Waals surface area contributed by atoms with Crippen molar-refractivity contribution in [2.24, 2.45) is 7.05 Å². The first-order chi connectivity index (χ1) is 9.66. The van der Waals surface area contributed by atoms with Crippen molar-refractivity contribution >= 4 is 11.7 Å². The number of imidazole rings is 1. The third kappa shape index (κ3) is 3.85. The van der Waals surface area contributed by atoms with Crippen molar-refractivity contribution in [3.05, 3.63) is 48.5 Å². The highest BCUT2D eigenvalue weighted by molar-refractivity contribution is 5.67. The molecule has 0 bridgehead atoms. The molecule has 0 aliphatic heterocycles. The van der Waals surface area contributed by atoms with Gasteiger partial charge >= 0.3 is 5.97 Å². The van der Waals surface area contributed by atoms with E-state index in [-0.39, 0.29) is 6.42 Å². The van der Waals surface area contributed by atoms with Crippen LogP contribution in [0.4, 0.5) is 5.69 Å². The molecule has 1 aromatic heterocycles. The third-order valence-corrected chi connectivity index (χ3v) is 3.24. The van der Waals surface area contributed by atoms with Crippen LogP contribution in [0, 0.1) is 0 Å². The lowest BCUT2D eigenvalue weighted by molar-refractivity contribution is -0.136. The fraction of sp³-hybridized carbons (Fsp3) is 0.333. The lowest BCUT2D eigenvalue weighted by Gasteiger charge is -2.24. The van der Waals surface area contributed by atoms with Crippen LogP contribution in [-0.2, 0) is 18.3 Å². The van der Waals surface area contributed by atoms with Gasteiger partial charge in [0.15, 0.2) is 0 Å². The first kappa shape index (κ1) is 14.1. The van der Waals surface area contributed by atoms with Gasteiger partial charge in [-0.3, -0.25) is 4.79 Å². The molecule has 2 aromatic rings. The molecule has 1 aromatic carbocycles. The van der Waals surface area contributed by atoms with E-state index in [1.165, 1.54) is 0 Å². The van der Waals surface area contributed by atoms with E-state index < -0.39 is 5.97 Å². The summed E-state index contributed by atoms with van der Waals surface area (Å²) >= 11 is 0. The SMILES string of the molecule is Cn1ccnc1CCN(CCC(=O)O)c1ccccc1. The highest BCUT2D eigenvalue weighted by Crippen LogP contribution is 2.14. The van der Waals surface area contributed by atoms with Gasteiger partial charge in [-0.25, -0.2) is 4.98 Å². The lowest BCUT2D eigenvalue weighted by Crippen LogP contribution is -2.29. The number of hydrogen-bond acceptors (Lipinski definition) is 3. The van der Waals surface area contributed by atoms with Crippen molar-refractivity contribution in [2.45, 2.75) is 12.8 Å². The van der Waals surface area contributed by atoms with Gasteiger partial charge in [0.05, 0.1) is 6.42 Å². The number of carboxylic acid groups (broad SMARTS) is 1. The summed E-state index contributed by atoms with van der Waals surface area (Å²) in [6, 6.07) is 9.88. The maximum atomic E-state index is 10.8. The summed E-state index contributed by atoms with van der Waals surface area (Å²) in [6.07, 6.45) is 4.62. The van der Waals surface area contributed by atoms with Gasteiger partial charge < -0.3 is 14.6 Å². The maximum Gasteiger partial charge on any atom is 0.305 e. The number of aryl methyl sites for hydroxylation is 1. The van der Waals surface area contributed by atoms with Crippen molar-refractivity contribution in [3.63, 3.8) is 0 Å². The second-order valence-electron chi connectivity index (χ2n) is 4.67. The van der Waals surface area contributed by atoms with Gasteiger partial charge in [0.25, 0.3) is 0 Å². The number of carboxylic acids is 1. The molecule has 1 heterocycles. The van der Waals surface area contributed by atoms with Gasteiger partial charge in [-0.05, 0) is 12.1 Å². The molecular weight excluding hydrogens is 254 g/mol. The van der Waals surface area contributed by atoms with Crippen molar-refractivity contribution in [1.29, 1.82) is 0 Å². The van der Waals surface area contributed by atoms with Crippen molar-refractivity contribution in [2.75, 3.05) is 18.0 Å². The number of para-hydroxylation sites is 1. The molecule has 20 heavy (non-hydrogen) atoms. The van der Waals surface area contributed by atoms with Gasteiger partial charge in [0, 0.05) is 44.6 Å². The summed E-state index contributed by atoms with van der Waals surface area (Å²) in [5.74, 6) is 0.226. The van der Waals surface area contributed by atoms with Gasteiger partial charge in [-0.2, -0.15) is 0 Å². The summed E-state index contributed by atoms with van der Waals surface area (Å²) in [7, 11) is 1.96. The average molecular weight is 273 g/mol. The van der Waals surface area contributed by atoms with Gasteiger partial charge in [0.2, 0.25) is 0 Å². The van der Waals surface area contributed by atoms with Crippen molar-refractivity contribution in [3.8, 4) is 0 Å². The van der Waals surface area contributed by atoms with E-state index in [1.54, 1.807) is 6.20 Å². The van der Waals surface area contributed by atoms with Crippen LogP contribution < -0.4 is 4.90 Å². The molecule has 1 N–H and O–H groups in total. The first-order valence-electron chi connectivity index (χ1n) is 6.65. The number of aliphatic carboxylic acids is 1. The summed E-state index contributed by atoms with van der Waals surface area (Å²) in [6.45, 7) is 1.26. The van der Waals surface area contributed by atoms with Crippen LogP contribution in [-0.4, -0.2) is 33.7 Å². The Labute approximate surface area is 118 Å². The number of nitrogens with zero attached hydrogens (tertiary/aromatic N) is 3. The molecular formula is C15H19N3O2. The smallest absolute Gasteiger partial charge is 0.305 e. The predicted octanol–water partition coefficient (Wildman–Crippen LogP) is 1.94. The molecule has 5 heteroatoms. The summed E-state index contributed by atoms with van der Waals surface area (Å²) in [5.41, 5.74) is 1.04. The Kier molecular flexibility index (Phi) is 4.76. The monoisotopic (exact) mass is 273 g/mol. The minimum absolute atomic E-state index is 0.134. The van der Waals surface area contributed by atoms with Crippen LogP contribution in [0.5, 0.6) is 0 Å². The molecule has 0 amide bonds. The van der Waals surface area contributed by atoms with Gasteiger partial charge in [-0.15, -0.1) is 0 Å². The van der Waals surface area contributed by atoms with E-state index in [1.807, 2.05) is 48.1 Å². The van der Waals surface area contributed by atoms with E-state index >= 15 is 0 Å². The zero-order chi connectivity index (χ0) is 14.4. The van der Waals surface area contributed by atoms with Crippen molar-refractivity contribution < 1.29 is 9.90 Å². The van der Waals surface area contributed by atoms with Gasteiger partial charge in [0.1, 0.15) is 5.82 Å². The molecule has 0 saturated heterocycles. The number of aromatic nitrogens is 2. The third-order valence-electron chi connectivity index (χ3n) is 3.24. The zero-order valence-corrected chi connectivity index (χ0v) is 11.6. The lowest BCUT2D eigenvalue weighted by atomic mass is 10.2. The van der Waals surface area contributed by atoms with Crippen LogP contribution in [0.3, 0.4) is 0 Å². The average Bonchev–Trinajstić information content (AvgIpc) is 2.85. The van der Waals surface area contributed by atoms with E-state index in [2.05, 4.69) is 9.88 Å². The van der Waals surface area contributed by atoms with E-state index in [0.29, 0.717) is 6.54 Å². The maximum absolute atomic E-state index is 10.8. The molecule has 0 radical (unpaired) electrons. The molecule has 0 saturated carbocycles. The molecule has 0 unspecified atom stereocenters. The minimum atomic E-state index is -0.775. The summed E-state index contributed by atoms with van der Waals surface area (Å²) in [4.78, 5) is 17.2. The molecule has 106 valence electrons. The Hall–Kier alpha value is -2.30. The second-order valence-corrected chi connectivity index (χ2v) is 4.67. The number of anilines is 1. The van der Waals surface area contributed by atoms with Gasteiger partial charge in [-0.1, -0.05) is 18.2 Å². The molecule has 0 aliphatic carbocycles. The Morgan fingerprint density at radius 1 is 1.30 bits per heavy atom. The standard InChI is InChI=1S/C15H19N3O2/c1-17-12-9-16-14(17)7-10-18(11-8-15(19)20)13-5-3-2-4-6-13/h2-6,9,12H,7-8,10-11H2,1H3,(H,19,20). The van der Waals surface area contributed by atoms with Crippen LogP contribution >= 0.6 is 0 Å². The number of carbonyl (C=O) groups is 1. The van der Waals surface area contributed by atoms with E-state index in [9.17, 15) is 4.79 Å². The van der Waals surface area contributed by atoms with Crippen LogP contribution in [0.15, 0.2) is 42.7 Å². The fourth-order valence-electron chi connectivity index (χ4n) is 2.11. The van der Waals surface area contributed by atoms with E-state index in [0.717, 1.165) is 24.5 Å². The molecule has 0 aliphatic rings. The minimum Gasteiger partial charge on any atom is -0.481 e. The van der Waals surface area contributed by atoms with E-state index in [4.69, 9.17) is 5.11 Å². The first-order valence-corrected chi connectivity index (χ1v) is 6.65. The normalized spacial score (nSPS) is 10.4. The fourth-order valence-corrected chi connectivity index (χ4v) is 2.11. The molecule has 0 fully saturated rings. The predicted molar refractivity (Wildman–Crippen MR) is 77.8 cm³/mol. The summed E-state index contributed by atoms with van der Waals surface area (Å²) in [5, 5.41) is 8.86. The number of benzene rings is 1. The molecule has 0 spiro atoms. The zero-order valence-electron chi connectivity index (χ0n) is 11.6. The highest BCUT2D eigenvalue weighted by Gasteiger charge is 2.10. The number of hydrogen-bond donors (Lipinski definition) is 1. The molecule has 5 nitrogen and oxygen atoms in total. The topological polar surface area (TPSA) is 58.4 Å². The molecule has 0 atom stereocenters. The summed E-state index contributed by atoms with van der Waals surface area (Å²) < 4.78 is 1.99. The quantitative estimate of drug-likeness (QED) is 0.837. The largest absolute Gasteiger partial charge is 0.481 e. The Balaban J connectivity index is 2.03. The Bertz CT molecular complexity index is 551. The van der Waals surface area contributed by atoms with Crippen LogP contribution in [0.2, 0.25) is 0 Å². The molecule has 2 rings (SSSR count). The van der Waals surface area contributed by atoms with Crippen molar-refractivity contribution in [1.82, 2.24) is 9.55 Å². The highest BCUT2D eigenvalue weighted by atomic mass is 16.4. The van der Waals surface area contributed by atoms with Crippen LogP contribution in [0.25, 0.3) is 0 Å². The second kappa shape index (κ2) is 6.75.